The van der Waals surface area contributed by atoms with Crippen molar-refractivity contribution in [2.45, 2.75) is 45.1 Å². The van der Waals surface area contributed by atoms with Crippen molar-refractivity contribution in [1.29, 1.82) is 0 Å². The monoisotopic (exact) mass is 424 g/mol. The molecule has 0 spiro atoms. The summed E-state index contributed by atoms with van der Waals surface area (Å²) in [6.45, 7) is 9.78. The van der Waals surface area contributed by atoms with Crippen LogP contribution in [-0.4, -0.2) is 33.4 Å². The van der Waals surface area contributed by atoms with Gasteiger partial charge in [-0.25, -0.2) is 4.31 Å². The first-order chi connectivity index (χ1) is 14.5. The van der Waals surface area contributed by atoms with Gasteiger partial charge in [-0.1, -0.05) is 19.1 Å². The number of fused-ring (bicyclic) bond motifs is 1. The van der Waals surface area contributed by atoms with E-state index in [1.165, 1.54) is 42.2 Å². The number of benzene rings is 1. The summed E-state index contributed by atoms with van der Waals surface area (Å²) in [5, 5.41) is 3.72. The molecule has 30 heavy (non-hydrogen) atoms. The average Bonchev–Trinajstić information content (AvgIpc) is 3.00. The van der Waals surface area contributed by atoms with Crippen molar-refractivity contribution in [2.24, 2.45) is 13.0 Å². The molecule has 1 N–H and O–H groups in total. The molecule has 160 valence electrons. The van der Waals surface area contributed by atoms with Gasteiger partial charge in [0.15, 0.2) is 0 Å². The van der Waals surface area contributed by atoms with Crippen LogP contribution in [0.15, 0.2) is 47.5 Å². The van der Waals surface area contributed by atoms with Crippen molar-refractivity contribution in [3.8, 4) is 0 Å². The van der Waals surface area contributed by atoms with E-state index in [0.29, 0.717) is 13.0 Å². The van der Waals surface area contributed by atoms with E-state index in [9.17, 15) is 4.79 Å². The number of carbonyl (C=O) groups is 1. The highest BCUT2D eigenvalue weighted by atomic mass is 32.2. The molecule has 6 heteroatoms. The summed E-state index contributed by atoms with van der Waals surface area (Å²) >= 11 is 1.94. The third-order valence-electron chi connectivity index (χ3n) is 5.76. The lowest BCUT2D eigenvalue weighted by Gasteiger charge is -2.28. The number of hydrogen-bond acceptors (Lipinski definition) is 4. The van der Waals surface area contributed by atoms with Crippen LogP contribution in [0.4, 0.5) is 0 Å². The minimum Gasteiger partial charge on any atom is -0.355 e. The molecule has 1 saturated heterocycles. The number of aromatic nitrogens is 2. The number of nitrogens with zero attached hydrogens (tertiary/aromatic N) is 3. The summed E-state index contributed by atoms with van der Waals surface area (Å²) in [6.07, 6.45) is 5.16. The maximum atomic E-state index is 10.1. The van der Waals surface area contributed by atoms with Gasteiger partial charge in [-0.05, 0) is 74.4 Å². The Hall–Kier alpha value is -2.31. The van der Waals surface area contributed by atoms with Crippen LogP contribution in [0.2, 0.25) is 0 Å². The molecule has 0 unspecified atom stereocenters. The van der Waals surface area contributed by atoms with Crippen LogP contribution in [0.5, 0.6) is 0 Å². The smallest absolute Gasteiger partial charge is 0.207 e. The normalized spacial score (nSPS) is 14.9. The van der Waals surface area contributed by atoms with Crippen LogP contribution in [0.25, 0.3) is 10.9 Å². The first-order valence-corrected chi connectivity index (χ1v) is 11.3. The average molecular weight is 425 g/mol. The Morgan fingerprint density at radius 2 is 1.97 bits per heavy atom. The van der Waals surface area contributed by atoms with Gasteiger partial charge in [0, 0.05) is 54.5 Å². The molecular weight excluding hydrogens is 392 g/mol. The quantitative estimate of drug-likeness (QED) is 0.469. The number of amides is 1. The van der Waals surface area contributed by atoms with Crippen LogP contribution in [0, 0.1) is 19.8 Å². The summed E-state index contributed by atoms with van der Waals surface area (Å²) in [7, 11) is 2.15. The highest BCUT2D eigenvalue weighted by Gasteiger charge is 2.18. The molecule has 5 nitrogen and oxygen atoms in total. The first-order valence-electron chi connectivity index (χ1n) is 10.5. The number of nitrogens with one attached hydrogen (secondary N) is 1. The van der Waals surface area contributed by atoms with Crippen LogP contribution in [0.3, 0.4) is 0 Å². The Bertz CT molecular complexity index is 976. The minimum absolute atomic E-state index is 0.564. The lowest BCUT2D eigenvalue weighted by Crippen LogP contribution is -2.27. The Morgan fingerprint density at radius 3 is 2.63 bits per heavy atom. The minimum atomic E-state index is 0.564. The number of carbonyl (C=O) groups excluding carboxylic acids is 1. The highest BCUT2D eigenvalue weighted by molar-refractivity contribution is 7.97. The third kappa shape index (κ3) is 5.86. The fourth-order valence-electron chi connectivity index (χ4n) is 3.52. The Balaban J connectivity index is 0.000000172. The topological polar surface area (TPSA) is 50.2 Å². The molecule has 0 aliphatic carbocycles. The number of hydrogen-bond donors (Lipinski definition) is 1. The van der Waals surface area contributed by atoms with Gasteiger partial charge < -0.3 is 9.88 Å². The highest BCUT2D eigenvalue weighted by Crippen LogP contribution is 2.31. The molecule has 1 aromatic carbocycles. The Labute approximate surface area is 184 Å². The molecule has 1 aliphatic rings. The molecule has 1 aliphatic heterocycles. The van der Waals surface area contributed by atoms with E-state index in [1.807, 2.05) is 42.3 Å². The molecule has 3 heterocycles. The predicted octanol–water partition coefficient (Wildman–Crippen LogP) is 4.86. The van der Waals surface area contributed by atoms with Gasteiger partial charge in [0.05, 0.1) is 5.52 Å². The zero-order valence-corrected chi connectivity index (χ0v) is 19.2. The van der Waals surface area contributed by atoms with Gasteiger partial charge in [-0.2, -0.15) is 0 Å². The second-order valence-electron chi connectivity index (χ2n) is 8.03. The molecule has 2 aromatic heterocycles. The van der Waals surface area contributed by atoms with Gasteiger partial charge in [-0.15, -0.1) is 0 Å². The maximum absolute atomic E-state index is 10.1. The summed E-state index contributed by atoms with van der Waals surface area (Å²) in [5.41, 5.74) is 4.80. The van der Waals surface area contributed by atoms with E-state index >= 15 is 0 Å². The van der Waals surface area contributed by atoms with E-state index in [-0.39, 0.29) is 0 Å². The third-order valence-corrected chi connectivity index (χ3v) is 6.99. The van der Waals surface area contributed by atoms with Crippen molar-refractivity contribution in [1.82, 2.24) is 19.2 Å². The fraction of sp³-hybridized carbons (Fsp3) is 0.417. The van der Waals surface area contributed by atoms with Crippen LogP contribution < -0.4 is 5.32 Å². The number of aryl methyl sites for hydroxylation is 1. The summed E-state index contributed by atoms with van der Waals surface area (Å²) < 4.78 is 4.79. The SMILES string of the molecule is Cc1cc(SN2CCC(C)CC2)c(C)n1C.O=CNCc1ccc2ncccc2c1. The molecule has 1 fully saturated rings. The standard InChI is InChI=1S/C13H22N2S.C11H10N2O/c1-10-5-7-15(8-6-10)16-13-9-11(2)14(4)12(13)3;14-8-12-7-9-3-4-11-10(6-9)2-1-5-13-11/h9-10H,5-8H2,1-4H3;1-6,8H,7H2,(H,12,14). The van der Waals surface area contributed by atoms with E-state index in [0.717, 1.165) is 22.4 Å². The van der Waals surface area contributed by atoms with Crippen molar-refractivity contribution < 1.29 is 4.79 Å². The lowest BCUT2D eigenvalue weighted by atomic mass is 10.0. The van der Waals surface area contributed by atoms with Crippen LogP contribution in [-0.2, 0) is 18.4 Å². The van der Waals surface area contributed by atoms with Gasteiger partial charge in [-0.3, -0.25) is 9.78 Å². The van der Waals surface area contributed by atoms with Crippen molar-refractivity contribution >= 4 is 29.3 Å². The number of pyridine rings is 1. The summed E-state index contributed by atoms with van der Waals surface area (Å²) in [5.74, 6) is 0.912. The van der Waals surface area contributed by atoms with Gasteiger partial charge in [0.1, 0.15) is 0 Å². The molecule has 0 bridgehead atoms. The van der Waals surface area contributed by atoms with Crippen molar-refractivity contribution in [3.05, 3.63) is 59.5 Å². The van der Waals surface area contributed by atoms with E-state index in [2.05, 4.69) is 53.1 Å². The summed E-state index contributed by atoms with van der Waals surface area (Å²) in [6, 6.07) is 12.2. The second-order valence-corrected chi connectivity index (χ2v) is 9.17. The maximum Gasteiger partial charge on any atom is 0.207 e. The largest absolute Gasteiger partial charge is 0.355 e. The fourth-order valence-corrected chi connectivity index (χ4v) is 4.69. The van der Waals surface area contributed by atoms with Gasteiger partial charge in [0.2, 0.25) is 6.41 Å². The molecule has 0 atom stereocenters. The Morgan fingerprint density at radius 1 is 1.20 bits per heavy atom. The van der Waals surface area contributed by atoms with Gasteiger partial charge >= 0.3 is 0 Å². The first kappa shape index (κ1) is 22.4. The number of rotatable bonds is 5. The van der Waals surface area contributed by atoms with Crippen molar-refractivity contribution in [2.75, 3.05) is 13.1 Å². The zero-order valence-electron chi connectivity index (χ0n) is 18.4. The molecular formula is C24H32N4OS. The molecule has 0 saturated carbocycles. The zero-order chi connectivity index (χ0) is 21.5. The van der Waals surface area contributed by atoms with E-state index in [1.54, 1.807) is 6.20 Å². The lowest BCUT2D eigenvalue weighted by molar-refractivity contribution is -0.109. The van der Waals surface area contributed by atoms with E-state index in [4.69, 9.17) is 0 Å². The second kappa shape index (κ2) is 10.6. The Kier molecular flexibility index (Phi) is 7.94. The van der Waals surface area contributed by atoms with E-state index < -0.39 is 0 Å². The van der Waals surface area contributed by atoms with Gasteiger partial charge in [0.25, 0.3) is 0 Å². The molecule has 4 rings (SSSR count). The molecule has 1 amide bonds. The summed E-state index contributed by atoms with van der Waals surface area (Å²) in [4.78, 5) is 15.8. The van der Waals surface area contributed by atoms with Crippen molar-refractivity contribution in [3.63, 3.8) is 0 Å². The molecule has 3 aromatic rings. The molecule has 0 radical (unpaired) electrons. The predicted molar refractivity (Wildman–Crippen MR) is 125 cm³/mol. The number of piperidine rings is 1. The van der Waals surface area contributed by atoms with Crippen LogP contribution >= 0.6 is 11.9 Å². The van der Waals surface area contributed by atoms with Crippen LogP contribution in [0.1, 0.15) is 36.7 Å².